The third-order valence-corrected chi connectivity index (χ3v) is 2.76. The van der Waals surface area contributed by atoms with Crippen LogP contribution in [0.5, 0.6) is 0 Å². The monoisotopic (exact) mass is 237 g/mol. The van der Waals surface area contributed by atoms with E-state index >= 15 is 0 Å². The van der Waals surface area contributed by atoms with Crippen LogP contribution in [0.15, 0.2) is 12.4 Å². The predicted octanol–water partition coefficient (Wildman–Crippen LogP) is 0.829. The number of aryl methyl sites for hydroxylation is 1. The van der Waals surface area contributed by atoms with Gasteiger partial charge in [-0.2, -0.15) is 0 Å². The molecule has 0 radical (unpaired) electrons. The SMILES string of the molecule is Cc1nccnc1NCC1CCC(C(=O)O)O1. The fourth-order valence-corrected chi connectivity index (χ4v) is 1.83. The maximum atomic E-state index is 10.7. The zero-order valence-electron chi connectivity index (χ0n) is 9.59. The number of aromatic nitrogens is 2. The van der Waals surface area contributed by atoms with Gasteiger partial charge in [0.25, 0.3) is 0 Å². The lowest BCUT2D eigenvalue weighted by Gasteiger charge is -2.13. The first-order valence-corrected chi connectivity index (χ1v) is 5.56. The molecule has 1 aromatic rings. The largest absolute Gasteiger partial charge is 0.479 e. The number of rotatable bonds is 4. The van der Waals surface area contributed by atoms with Crippen molar-refractivity contribution < 1.29 is 14.6 Å². The van der Waals surface area contributed by atoms with E-state index in [1.165, 1.54) is 0 Å². The highest BCUT2D eigenvalue weighted by Gasteiger charge is 2.30. The second-order valence-electron chi connectivity index (χ2n) is 4.03. The lowest BCUT2D eigenvalue weighted by Crippen LogP contribution is -2.25. The van der Waals surface area contributed by atoms with E-state index in [0.717, 1.165) is 17.9 Å². The van der Waals surface area contributed by atoms with Crippen LogP contribution in [0.25, 0.3) is 0 Å². The lowest BCUT2D eigenvalue weighted by molar-refractivity contribution is -0.149. The maximum absolute atomic E-state index is 10.7. The second kappa shape index (κ2) is 5.09. The number of ether oxygens (including phenoxy) is 1. The van der Waals surface area contributed by atoms with Crippen molar-refractivity contribution in [3.63, 3.8) is 0 Å². The maximum Gasteiger partial charge on any atom is 0.332 e. The van der Waals surface area contributed by atoms with E-state index in [4.69, 9.17) is 9.84 Å². The molecule has 17 heavy (non-hydrogen) atoms. The van der Waals surface area contributed by atoms with Crippen LogP contribution in [0.4, 0.5) is 5.82 Å². The Hall–Kier alpha value is -1.69. The van der Waals surface area contributed by atoms with Gasteiger partial charge >= 0.3 is 5.97 Å². The smallest absolute Gasteiger partial charge is 0.332 e. The Labute approximate surface area is 99.0 Å². The summed E-state index contributed by atoms with van der Waals surface area (Å²) in [6.45, 7) is 2.42. The summed E-state index contributed by atoms with van der Waals surface area (Å²) in [5, 5.41) is 11.9. The molecule has 1 aromatic heterocycles. The van der Waals surface area contributed by atoms with Gasteiger partial charge in [-0.1, -0.05) is 0 Å². The van der Waals surface area contributed by atoms with E-state index in [2.05, 4.69) is 15.3 Å². The molecule has 6 nitrogen and oxygen atoms in total. The van der Waals surface area contributed by atoms with Crippen molar-refractivity contribution in [2.24, 2.45) is 0 Å². The molecule has 2 N–H and O–H groups in total. The number of carboxylic acid groups (broad SMARTS) is 1. The third kappa shape index (κ3) is 2.91. The number of aliphatic carboxylic acids is 1. The summed E-state index contributed by atoms with van der Waals surface area (Å²) in [5.41, 5.74) is 0.820. The van der Waals surface area contributed by atoms with Crippen molar-refractivity contribution >= 4 is 11.8 Å². The minimum Gasteiger partial charge on any atom is -0.479 e. The zero-order valence-corrected chi connectivity index (χ0v) is 9.59. The van der Waals surface area contributed by atoms with E-state index in [-0.39, 0.29) is 6.10 Å². The van der Waals surface area contributed by atoms with Gasteiger partial charge in [0, 0.05) is 18.9 Å². The minimum absolute atomic E-state index is 0.0718. The number of carboxylic acids is 1. The topological polar surface area (TPSA) is 84.3 Å². The molecule has 6 heteroatoms. The molecule has 1 aliphatic rings. The summed E-state index contributed by atoms with van der Waals surface area (Å²) in [4.78, 5) is 19.0. The van der Waals surface area contributed by atoms with E-state index in [0.29, 0.717) is 13.0 Å². The Kier molecular flexibility index (Phi) is 3.53. The summed E-state index contributed by atoms with van der Waals surface area (Å²) in [7, 11) is 0. The first-order valence-electron chi connectivity index (χ1n) is 5.56. The van der Waals surface area contributed by atoms with Gasteiger partial charge in [0.1, 0.15) is 5.82 Å². The van der Waals surface area contributed by atoms with Crippen LogP contribution in [0, 0.1) is 6.92 Å². The Morgan fingerprint density at radius 2 is 2.29 bits per heavy atom. The number of carbonyl (C=O) groups is 1. The number of anilines is 1. The average Bonchev–Trinajstić information content (AvgIpc) is 2.77. The number of hydrogen-bond donors (Lipinski definition) is 2. The Bertz CT molecular complexity index is 411. The molecule has 2 rings (SSSR count). The first-order chi connectivity index (χ1) is 8.16. The van der Waals surface area contributed by atoms with Gasteiger partial charge in [-0.25, -0.2) is 9.78 Å². The normalized spacial score (nSPS) is 23.6. The Morgan fingerprint density at radius 1 is 1.53 bits per heavy atom. The van der Waals surface area contributed by atoms with Crippen LogP contribution in [0.2, 0.25) is 0 Å². The van der Waals surface area contributed by atoms with Crippen LogP contribution in [-0.4, -0.2) is 39.8 Å². The molecule has 92 valence electrons. The molecule has 0 aliphatic carbocycles. The standard InChI is InChI=1S/C11H15N3O3/c1-7-10(13-5-4-12-7)14-6-8-2-3-9(17-8)11(15)16/h4-5,8-9H,2-3,6H2,1H3,(H,13,14)(H,15,16). The molecule has 2 atom stereocenters. The van der Waals surface area contributed by atoms with E-state index in [1.807, 2.05) is 6.92 Å². The van der Waals surface area contributed by atoms with Crippen LogP contribution in [0.1, 0.15) is 18.5 Å². The predicted molar refractivity (Wildman–Crippen MR) is 60.8 cm³/mol. The van der Waals surface area contributed by atoms with E-state index < -0.39 is 12.1 Å². The van der Waals surface area contributed by atoms with Crippen molar-refractivity contribution in [3.8, 4) is 0 Å². The van der Waals surface area contributed by atoms with Crippen LogP contribution < -0.4 is 5.32 Å². The highest BCUT2D eigenvalue weighted by Crippen LogP contribution is 2.20. The van der Waals surface area contributed by atoms with Crippen molar-refractivity contribution in [3.05, 3.63) is 18.1 Å². The Morgan fingerprint density at radius 3 is 2.94 bits per heavy atom. The summed E-state index contributed by atoms with van der Waals surface area (Å²) in [5.74, 6) is -0.168. The number of nitrogens with one attached hydrogen (secondary N) is 1. The third-order valence-electron chi connectivity index (χ3n) is 2.76. The van der Waals surface area contributed by atoms with E-state index in [1.54, 1.807) is 12.4 Å². The fourth-order valence-electron chi connectivity index (χ4n) is 1.83. The van der Waals surface area contributed by atoms with Crippen LogP contribution in [-0.2, 0) is 9.53 Å². The molecular weight excluding hydrogens is 222 g/mol. The molecule has 1 saturated heterocycles. The molecule has 0 amide bonds. The van der Waals surface area contributed by atoms with Crippen LogP contribution >= 0.6 is 0 Å². The number of nitrogens with zero attached hydrogens (tertiary/aromatic N) is 2. The summed E-state index contributed by atoms with van der Waals surface area (Å²) < 4.78 is 5.37. The molecule has 0 spiro atoms. The molecular formula is C11H15N3O3. The van der Waals surface area contributed by atoms with Crippen LogP contribution in [0.3, 0.4) is 0 Å². The van der Waals surface area contributed by atoms with Gasteiger partial charge in [-0.3, -0.25) is 4.98 Å². The van der Waals surface area contributed by atoms with Gasteiger partial charge in [-0.05, 0) is 19.8 Å². The Balaban J connectivity index is 1.84. The molecule has 0 aromatic carbocycles. The number of hydrogen-bond acceptors (Lipinski definition) is 5. The first kappa shape index (κ1) is 11.8. The van der Waals surface area contributed by atoms with Crippen molar-refractivity contribution in [1.82, 2.24) is 9.97 Å². The van der Waals surface area contributed by atoms with Gasteiger partial charge in [0.15, 0.2) is 6.10 Å². The molecule has 1 fully saturated rings. The van der Waals surface area contributed by atoms with Crippen molar-refractivity contribution in [1.29, 1.82) is 0 Å². The molecule has 0 saturated carbocycles. The van der Waals surface area contributed by atoms with Gasteiger partial charge < -0.3 is 15.2 Å². The minimum atomic E-state index is -0.886. The average molecular weight is 237 g/mol. The van der Waals surface area contributed by atoms with Gasteiger partial charge in [0.2, 0.25) is 0 Å². The summed E-state index contributed by atoms with van der Waals surface area (Å²) >= 11 is 0. The van der Waals surface area contributed by atoms with Gasteiger partial charge in [-0.15, -0.1) is 0 Å². The lowest BCUT2D eigenvalue weighted by atomic mass is 10.2. The summed E-state index contributed by atoms with van der Waals surface area (Å²) in [6, 6.07) is 0. The second-order valence-corrected chi connectivity index (χ2v) is 4.03. The summed E-state index contributed by atoms with van der Waals surface area (Å²) in [6.07, 6.45) is 3.84. The van der Waals surface area contributed by atoms with Crippen molar-refractivity contribution in [2.75, 3.05) is 11.9 Å². The molecule has 2 unspecified atom stereocenters. The fraction of sp³-hybridized carbons (Fsp3) is 0.545. The quantitative estimate of drug-likeness (QED) is 0.806. The highest BCUT2D eigenvalue weighted by molar-refractivity contribution is 5.72. The van der Waals surface area contributed by atoms with Crippen molar-refractivity contribution in [2.45, 2.75) is 32.0 Å². The van der Waals surface area contributed by atoms with Gasteiger partial charge in [0.05, 0.1) is 11.8 Å². The molecule has 2 heterocycles. The zero-order chi connectivity index (χ0) is 12.3. The van der Waals surface area contributed by atoms with E-state index in [9.17, 15) is 4.79 Å². The molecule has 1 aliphatic heterocycles. The molecule has 0 bridgehead atoms. The highest BCUT2D eigenvalue weighted by atomic mass is 16.5.